The average molecular weight is 419 g/mol. The summed E-state index contributed by atoms with van der Waals surface area (Å²) < 4.78 is 28.8. The molecule has 0 spiro atoms. The van der Waals surface area contributed by atoms with E-state index in [9.17, 15) is 18.4 Å². The van der Waals surface area contributed by atoms with E-state index in [0.29, 0.717) is 12.1 Å². The van der Waals surface area contributed by atoms with Gasteiger partial charge in [0.15, 0.2) is 22.8 Å². The van der Waals surface area contributed by atoms with Gasteiger partial charge in [-0.15, -0.1) is 10.2 Å². The van der Waals surface area contributed by atoms with Gasteiger partial charge in [0.1, 0.15) is 0 Å². The first kappa shape index (κ1) is 21.5. The summed E-state index contributed by atoms with van der Waals surface area (Å²) in [7, 11) is 1.32. The summed E-state index contributed by atoms with van der Waals surface area (Å²) in [6.45, 7) is 7.15. The van der Waals surface area contributed by atoms with Crippen LogP contribution in [-0.2, 0) is 13.6 Å². The summed E-state index contributed by atoms with van der Waals surface area (Å²) >= 11 is 0. The monoisotopic (exact) mass is 419 g/mol. The molecule has 3 rings (SSSR count). The third-order valence-electron chi connectivity index (χ3n) is 4.88. The van der Waals surface area contributed by atoms with Gasteiger partial charge < -0.3 is 10.2 Å². The number of rotatable bonds is 8. The maximum absolute atomic E-state index is 13.5. The van der Waals surface area contributed by atoms with Crippen molar-refractivity contribution in [1.29, 1.82) is 0 Å². The minimum absolute atomic E-state index is 0.0258. The second kappa shape index (κ2) is 9.08. The lowest BCUT2D eigenvalue weighted by molar-refractivity contribution is 0.316. The number of nitrogens with zero attached hydrogens (tertiary/aromatic N) is 6. The Balaban J connectivity index is 1.97. The van der Waals surface area contributed by atoms with Crippen molar-refractivity contribution < 1.29 is 8.78 Å². The Hall–Kier alpha value is -3.21. The van der Waals surface area contributed by atoms with Crippen LogP contribution in [0.15, 0.2) is 27.8 Å². The van der Waals surface area contributed by atoms with Crippen molar-refractivity contribution in [2.75, 3.05) is 31.5 Å². The zero-order valence-corrected chi connectivity index (χ0v) is 17.0. The summed E-state index contributed by atoms with van der Waals surface area (Å²) in [5.41, 5.74) is -1.00. The number of benzene rings is 1. The van der Waals surface area contributed by atoms with Crippen LogP contribution in [0.25, 0.3) is 11.2 Å². The Morgan fingerprint density at radius 3 is 2.50 bits per heavy atom. The van der Waals surface area contributed by atoms with Crippen molar-refractivity contribution in [3.8, 4) is 0 Å². The number of fused-ring (bicyclic) bond motifs is 1. The quantitative estimate of drug-likeness (QED) is 0.581. The van der Waals surface area contributed by atoms with Crippen molar-refractivity contribution in [3.63, 3.8) is 0 Å². The minimum atomic E-state index is -1.03. The summed E-state index contributed by atoms with van der Waals surface area (Å²) in [6, 6.07) is 3.32. The standard InChI is InChI=1S/C19H23F2N7O2/c1-4-27(5-2)9-8-22-18-23-15-16(24-25-18)28(19(30)26(3)17(15)29)11-12-6-7-13(20)14(21)10-12/h6-7,10H,4-5,8-9,11H2,1-3H3,(H,22,23,25). The molecule has 1 N–H and O–H groups in total. The third kappa shape index (κ3) is 4.35. The Morgan fingerprint density at radius 1 is 1.10 bits per heavy atom. The Morgan fingerprint density at radius 2 is 1.83 bits per heavy atom. The summed E-state index contributed by atoms with van der Waals surface area (Å²) in [5, 5.41) is 11.0. The molecule has 3 aromatic rings. The van der Waals surface area contributed by atoms with E-state index in [4.69, 9.17) is 0 Å². The van der Waals surface area contributed by atoms with E-state index in [2.05, 4.69) is 39.2 Å². The molecule has 0 radical (unpaired) electrons. The van der Waals surface area contributed by atoms with Gasteiger partial charge >= 0.3 is 5.69 Å². The van der Waals surface area contributed by atoms with Gasteiger partial charge in [0.05, 0.1) is 6.54 Å². The maximum atomic E-state index is 13.5. The highest BCUT2D eigenvalue weighted by atomic mass is 19.2. The van der Waals surface area contributed by atoms with Crippen molar-refractivity contribution >= 4 is 17.1 Å². The van der Waals surface area contributed by atoms with Crippen LogP contribution in [0.2, 0.25) is 0 Å². The minimum Gasteiger partial charge on any atom is -0.352 e. The zero-order valence-electron chi connectivity index (χ0n) is 17.0. The number of halogens is 2. The molecule has 0 amide bonds. The second-order valence-electron chi connectivity index (χ2n) is 6.74. The molecule has 2 aromatic heterocycles. The van der Waals surface area contributed by atoms with Gasteiger partial charge in [-0.25, -0.2) is 18.6 Å². The van der Waals surface area contributed by atoms with Gasteiger partial charge in [0.25, 0.3) is 5.56 Å². The molecule has 11 heteroatoms. The van der Waals surface area contributed by atoms with Crippen LogP contribution in [0.4, 0.5) is 14.7 Å². The molecule has 1 aromatic carbocycles. The first-order chi connectivity index (χ1) is 14.3. The molecule has 0 saturated carbocycles. The van der Waals surface area contributed by atoms with E-state index in [1.807, 2.05) is 0 Å². The van der Waals surface area contributed by atoms with E-state index in [1.165, 1.54) is 13.1 Å². The summed E-state index contributed by atoms with van der Waals surface area (Å²) in [4.78, 5) is 31.6. The Labute approximate surface area is 171 Å². The van der Waals surface area contributed by atoms with E-state index in [0.717, 1.165) is 40.9 Å². The molecular weight excluding hydrogens is 396 g/mol. The number of aromatic nitrogens is 5. The molecule has 2 heterocycles. The lowest BCUT2D eigenvalue weighted by Gasteiger charge is -2.17. The van der Waals surface area contributed by atoms with Crippen LogP contribution in [0.1, 0.15) is 19.4 Å². The molecule has 0 atom stereocenters. The lowest BCUT2D eigenvalue weighted by Crippen LogP contribution is -2.39. The molecule has 160 valence electrons. The third-order valence-corrected chi connectivity index (χ3v) is 4.88. The largest absolute Gasteiger partial charge is 0.352 e. The second-order valence-corrected chi connectivity index (χ2v) is 6.74. The number of hydrogen-bond donors (Lipinski definition) is 1. The van der Waals surface area contributed by atoms with Gasteiger partial charge in [-0.1, -0.05) is 19.9 Å². The molecule has 9 nitrogen and oxygen atoms in total. The van der Waals surface area contributed by atoms with Crippen LogP contribution in [0.3, 0.4) is 0 Å². The molecular formula is C19H23F2N7O2. The number of hydrogen-bond acceptors (Lipinski definition) is 7. The fourth-order valence-electron chi connectivity index (χ4n) is 3.07. The average Bonchev–Trinajstić information content (AvgIpc) is 2.75. The highest BCUT2D eigenvalue weighted by molar-refractivity contribution is 5.69. The van der Waals surface area contributed by atoms with Gasteiger partial charge in [-0.3, -0.25) is 13.9 Å². The fraction of sp³-hybridized carbons (Fsp3) is 0.421. The van der Waals surface area contributed by atoms with Gasteiger partial charge in [-0.05, 0) is 30.8 Å². The van der Waals surface area contributed by atoms with Crippen LogP contribution < -0.4 is 16.6 Å². The Bertz CT molecular complexity index is 1170. The first-order valence-electron chi connectivity index (χ1n) is 9.60. The van der Waals surface area contributed by atoms with Gasteiger partial charge in [-0.2, -0.15) is 0 Å². The summed E-state index contributed by atoms with van der Waals surface area (Å²) in [5.74, 6) is -1.85. The molecule has 0 bridgehead atoms. The molecule has 0 aliphatic heterocycles. The van der Waals surface area contributed by atoms with Crippen molar-refractivity contribution in [2.45, 2.75) is 20.4 Å². The number of anilines is 1. The predicted octanol–water partition coefficient (Wildman–Crippen LogP) is 0.965. The fourth-order valence-corrected chi connectivity index (χ4v) is 3.07. The number of nitrogens with one attached hydrogen (secondary N) is 1. The molecule has 0 aliphatic carbocycles. The van der Waals surface area contributed by atoms with Gasteiger partial charge in [0, 0.05) is 20.1 Å². The Kier molecular flexibility index (Phi) is 6.50. The van der Waals surface area contributed by atoms with Crippen LogP contribution >= 0.6 is 0 Å². The molecule has 30 heavy (non-hydrogen) atoms. The van der Waals surface area contributed by atoms with Crippen LogP contribution in [0, 0.1) is 11.6 Å². The topological polar surface area (TPSA) is 97.9 Å². The van der Waals surface area contributed by atoms with E-state index in [-0.39, 0.29) is 23.7 Å². The van der Waals surface area contributed by atoms with Crippen LogP contribution in [0.5, 0.6) is 0 Å². The number of likely N-dealkylation sites (N-methyl/N-ethyl adjacent to an activating group) is 1. The molecule has 0 fully saturated rings. The van der Waals surface area contributed by atoms with Crippen molar-refractivity contribution in [3.05, 3.63) is 56.2 Å². The highest BCUT2D eigenvalue weighted by Crippen LogP contribution is 2.11. The lowest BCUT2D eigenvalue weighted by atomic mass is 10.2. The highest BCUT2D eigenvalue weighted by Gasteiger charge is 2.16. The van der Waals surface area contributed by atoms with Crippen molar-refractivity contribution in [2.24, 2.45) is 7.05 Å². The normalized spacial score (nSPS) is 11.4. The van der Waals surface area contributed by atoms with Gasteiger partial charge in [0.2, 0.25) is 5.95 Å². The molecule has 0 saturated heterocycles. The van der Waals surface area contributed by atoms with Crippen LogP contribution in [-0.4, -0.2) is 55.4 Å². The SMILES string of the molecule is CCN(CC)CCNc1nnc2c(n1)c(=O)n(C)c(=O)n2Cc1ccc(F)c(F)c1. The van der Waals surface area contributed by atoms with Crippen molar-refractivity contribution in [1.82, 2.24) is 29.2 Å². The predicted molar refractivity (Wildman–Crippen MR) is 109 cm³/mol. The molecule has 0 aliphatic rings. The first-order valence-corrected chi connectivity index (χ1v) is 9.60. The summed E-state index contributed by atoms with van der Waals surface area (Å²) in [6.07, 6.45) is 0. The molecule has 0 unspecified atom stereocenters. The van der Waals surface area contributed by atoms with E-state index >= 15 is 0 Å². The zero-order chi connectivity index (χ0) is 21.8. The van der Waals surface area contributed by atoms with E-state index in [1.54, 1.807) is 0 Å². The maximum Gasteiger partial charge on any atom is 0.332 e. The van der Waals surface area contributed by atoms with E-state index < -0.39 is 22.9 Å². The smallest absolute Gasteiger partial charge is 0.332 e.